The van der Waals surface area contributed by atoms with E-state index < -0.39 is 10.7 Å². The van der Waals surface area contributed by atoms with Crippen molar-refractivity contribution in [2.24, 2.45) is 0 Å². The molecule has 8 nitrogen and oxygen atoms in total. The number of ether oxygens (including phenoxy) is 2. The van der Waals surface area contributed by atoms with E-state index in [9.17, 15) is 19.3 Å². The van der Waals surface area contributed by atoms with E-state index in [1.54, 1.807) is 12.1 Å². The van der Waals surface area contributed by atoms with Crippen LogP contribution >= 0.6 is 0 Å². The van der Waals surface area contributed by atoms with Crippen molar-refractivity contribution in [1.29, 1.82) is 0 Å². The number of hydrogen-bond donors (Lipinski definition) is 2. The van der Waals surface area contributed by atoms with Crippen LogP contribution in [-0.4, -0.2) is 40.9 Å². The van der Waals surface area contributed by atoms with E-state index >= 15 is 0 Å². The van der Waals surface area contributed by atoms with Crippen molar-refractivity contribution in [2.75, 3.05) is 19.8 Å². The van der Waals surface area contributed by atoms with Gasteiger partial charge in [0, 0.05) is 25.7 Å². The van der Waals surface area contributed by atoms with Crippen molar-refractivity contribution in [3.05, 3.63) is 64.5 Å². The highest BCUT2D eigenvalue weighted by Gasteiger charge is 2.15. The third-order valence-electron chi connectivity index (χ3n) is 8.40. The maximum Gasteiger partial charge on any atom is 0.311 e. The maximum atomic E-state index is 13.3. The average Bonchev–Trinajstić information content (AvgIpc) is 3.13. The lowest BCUT2D eigenvalue weighted by molar-refractivity contribution is -0.385. The van der Waals surface area contributed by atoms with E-state index in [4.69, 9.17) is 19.7 Å². The van der Waals surface area contributed by atoms with Crippen LogP contribution in [0.4, 0.5) is 10.1 Å². The number of nitro groups is 1. The Morgan fingerprint density at radius 3 is 1.45 bits per heavy atom. The number of halogens is 1. The summed E-state index contributed by atoms with van der Waals surface area (Å²) in [6.07, 6.45) is 29.8. The van der Waals surface area contributed by atoms with Gasteiger partial charge in [-0.25, -0.2) is 4.39 Å². The summed E-state index contributed by atoms with van der Waals surface area (Å²) in [4.78, 5) is 21.2. The molecule has 51 heavy (non-hydrogen) atoms. The average molecular weight is 720 g/mol. The summed E-state index contributed by atoms with van der Waals surface area (Å²) in [5.74, 6) is -0.647. The van der Waals surface area contributed by atoms with Gasteiger partial charge < -0.3 is 19.7 Å². The summed E-state index contributed by atoms with van der Waals surface area (Å²) in [5.41, 5.74) is -0.198. The lowest BCUT2D eigenvalue weighted by atomic mass is 10.0. The first kappa shape index (κ1) is 48.0. The lowest BCUT2D eigenvalue weighted by Gasteiger charge is -2.06. The molecule has 0 aliphatic rings. The minimum Gasteiger partial charge on any atom is -0.466 e. The largest absolute Gasteiger partial charge is 0.466 e. The summed E-state index contributed by atoms with van der Waals surface area (Å²) in [7, 11) is 0. The SMILES string of the molecule is CCCC(=O)OCCCCCCCCCCO.CCCCCCCCCCCCCCCCO.O=[N+]([O-])c1ccccc1Oc1ccccc1F. The molecule has 2 rings (SSSR count). The Kier molecular flexibility index (Phi) is 34.6. The van der Waals surface area contributed by atoms with Crippen LogP contribution in [0, 0.1) is 15.9 Å². The molecular weight excluding hydrogens is 649 g/mol. The molecule has 292 valence electrons. The number of hydrogen-bond acceptors (Lipinski definition) is 7. The van der Waals surface area contributed by atoms with Gasteiger partial charge in [0.15, 0.2) is 11.6 Å². The van der Waals surface area contributed by atoms with Gasteiger partial charge in [0.05, 0.1) is 11.5 Å². The van der Waals surface area contributed by atoms with Crippen molar-refractivity contribution in [2.45, 2.75) is 168 Å². The number of carbonyl (C=O) groups excluding carboxylic acids is 1. The molecule has 0 atom stereocenters. The Morgan fingerprint density at radius 2 is 1.02 bits per heavy atom. The van der Waals surface area contributed by atoms with Gasteiger partial charge in [-0.3, -0.25) is 14.9 Å². The van der Waals surface area contributed by atoms with E-state index in [0.717, 1.165) is 38.5 Å². The molecule has 0 aliphatic carbocycles. The zero-order chi connectivity index (χ0) is 37.6. The summed E-state index contributed by atoms with van der Waals surface area (Å²) in [5, 5.41) is 28.0. The van der Waals surface area contributed by atoms with Gasteiger partial charge in [-0.15, -0.1) is 0 Å². The molecule has 9 heteroatoms. The Hall–Kier alpha value is -3.04. The molecule has 0 saturated carbocycles. The molecule has 2 N–H and O–H groups in total. The molecule has 0 aliphatic heterocycles. The Morgan fingerprint density at radius 1 is 0.608 bits per heavy atom. The van der Waals surface area contributed by atoms with Crippen LogP contribution < -0.4 is 4.74 Å². The fraction of sp³-hybridized carbons (Fsp3) is 0.690. The van der Waals surface area contributed by atoms with Crippen LogP contribution in [0.2, 0.25) is 0 Å². The molecular formula is C42H70FNO7. The summed E-state index contributed by atoms with van der Waals surface area (Å²) >= 11 is 0. The number of carbonyl (C=O) groups is 1. The number of nitro benzene ring substituents is 1. The van der Waals surface area contributed by atoms with Gasteiger partial charge >= 0.3 is 11.7 Å². The standard InChI is InChI=1S/C16H34O.C14H28O3.C12H8FNO3/c1-2-3-4-5-6-7-8-9-10-11-12-13-14-15-16-17;1-2-11-14(16)17-13-10-8-6-4-3-5-7-9-12-15;13-9-5-1-3-7-11(9)17-12-8-4-2-6-10(12)14(15)16/h17H,2-16H2,1H3;15H,2-13H2,1H3;1-8H. The highest BCUT2D eigenvalue weighted by Crippen LogP contribution is 2.31. The second-order valence-corrected chi connectivity index (χ2v) is 13.1. The van der Waals surface area contributed by atoms with E-state index in [1.165, 1.54) is 146 Å². The number of esters is 1. The number of nitrogens with zero attached hydrogens (tertiary/aromatic N) is 1. The molecule has 0 saturated heterocycles. The second-order valence-electron chi connectivity index (χ2n) is 13.1. The number of para-hydroxylation sites is 3. The zero-order valence-corrected chi connectivity index (χ0v) is 32.0. The molecule has 0 amide bonds. The molecule has 0 radical (unpaired) electrons. The second kappa shape index (κ2) is 36.7. The van der Waals surface area contributed by atoms with E-state index in [0.29, 0.717) is 26.2 Å². The summed E-state index contributed by atoms with van der Waals surface area (Å²) in [6, 6.07) is 11.6. The third-order valence-corrected chi connectivity index (χ3v) is 8.40. The monoisotopic (exact) mass is 720 g/mol. The van der Waals surface area contributed by atoms with Crippen LogP contribution in [0.5, 0.6) is 11.5 Å². The minimum absolute atomic E-state index is 0.0163. The van der Waals surface area contributed by atoms with Gasteiger partial charge in [-0.1, -0.05) is 160 Å². The maximum absolute atomic E-state index is 13.3. The van der Waals surface area contributed by atoms with Crippen molar-refractivity contribution < 1.29 is 33.8 Å². The number of rotatable bonds is 29. The first-order valence-corrected chi connectivity index (χ1v) is 19.9. The highest BCUT2D eigenvalue weighted by molar-refractivity contribution is 5.69. The summed E-state index contributed by atoms with van der Waals surface area (Å²) < 4.78 is 23.6. The Labute approximate surface area is 308 Å². The fourth-order valence-electron chi connectivity index (χ4n) is 5.38. The van der Waals surface area contributed by atoms with E-state index in [2.05, 4.69) is 6.92 Å². The van der Waals surface area contributed by atoms with Crippen LogP contribution in [0.3, 0.4) is 0 Å². The van der Waals surface area contributed by atoms with Crippen LogP contribution in [0.25, 0.3) is 0 Å². The molecule has 0 aromatic heterocycles. The van der Waals surface area contributed by atoms with Crippen LogP contribution in [-0.2, 0) is 9.53 Å². The first-order valence-electron chi connectivity index (χ1n) is 19.9. The lowest BCUT2D eigenvalue weighted by Crippen LogP contribution is -2.04. The molecule has 2 aromatic carbocycles. The van der Waals surface area contributed by atoms with E-state index in [1.807, 2.05) is 6.92 Å². The van der Waals surface area contributed by atoms with Crippen molar-refractivity contribution in [3.8, 4) is 11.5 Å². The van der Waals surface area contributed by atoms with Gasteiger partial charge in [0.2, 0.25) is 5.75 Å². The Bertz CT molecular complexity index is 1070. The highest BCUT2D eigenvalue weighted by atomic mass is 19.1. The number of unbranched alkanes of at least 4 members (excludes halogenated alkanes) is 20. The Balaban J connectivity index is 0.000000735. The molecule has 0 fully saturated rings. The zero-order valence-electron chi connectivity index (χ0n) is 32.0. The minimum atomic E-state index is -0.573. The fourth-order valence-corrected chi connectivity index (χ4v) is 5.38. The van der Waals surface area contributed by atoms with Crippen LogP contribution in [0.1, 0.15) is 168 Å². The van der Waals surface area contributed by atoms with Gasteiger partial charge in [-0.2, -0.15) is 0 Å². The van der Waals surface area contributed by atoms with Crippen molar-refractivity contribution in [1.82, 2.24) is 0 Å². The number of benzene rings is 2. The molecule has 0 bridgehead atoms. The van der Waals surface area contributed by atoms with Gasteiger partial charge in [0.1, 0.15) is 0 Å². The predicted molar refractivity (Wildman–Crippen MR) is 207 cm³/mol. The number of aliphatic hydroxyl groups excluding tert-OH is 2. The molecule has 0 spiro atoms. The smallest absolute Gasteiger partial charge is 0.311 e. The van der Waals surface area contributed by atoms with E-state index in [-0.39, 0.29) is 23.2 Å². The normalized spacial score (nSPS) is 10.5. The van der Waals surface area contributed by atoms with Crippen molar-refractivity contribution >= 4 is 11.7 Å². The van der Waals surface area contributed by atoms with Crippen LogP contribution in [0.15, 0.2) is 48.5 Å². The predicted octanol–water partition coefficient (Wildman–Crippen LogP) is 12.4. The molecule has 0 heterocycles. The summed E-state index contributed by atoms with van der Waals surface area (Å²) in [6.45, 7) is 5.54. The number of aliphatic hydroxyl groups is 2. The quantitative estimate of drug-likeness (QED) is 0.0372. The third kappa shape index (κ3) is 30.3. The molecule has 2 aromatic rings. The molecule has 0 unspecified atom stereocenters. The topological polar surface area (TPSA) is 119 Å². The van der Waals surface area contributed by atoms with Crippen molar-refractivity contribution in [3.63, 3.8) is 0 Å². The van der Waals surface area contributed by atoms with Gasteiger partial charge in [0.25, 0.3) is 0 Å². The van der Waals surface area contributed by atoms with Gasteiger partial charge in [-0.05, 0) is 43.9 Å². The first-order chi connectivity index (χ1) is 24.9.